The lowest BCUT2D eigenvalue weighted by atomic mass is 10.1. The SMILES string of the molecule is CNc1nccn2c(-c3cccc(OCCN4CCOCC4)c3)cnc12. The number of ether oxygens (including phenoxy) is 2. The van der Waals surface area contributed by atoms with Gasteiger partial charge in [-0.25, -0.2) is 9.97 Å². The molecule has 1 aliphatic rings. The highest BCUT2D eigenvalue weighted by Crippen LogP contribution is 2.26. The third-order valence-corrected chi connectivity index (χ3v) is 4.57. The summed E-state index contributed by atoms with van der Waals surface area (Å²) in [5.41, 5.74) is 2.88. The number of benzene rings is 1. The molecule has 7 nitrogen and oxygen atoms in total. The second-order valence-corrected chi connectivity index (χ2v) is 6.19. The van der Waals surface area contributed by atoms with E-state index in [1.165, 1.54) is 0 Å². The van der Waals surface area contributed by atoms with E-state index in [0.29, 0.717) is 6.61 Å². The molecule has 7 heteroatoms. The first-order chi connectivity index (χ1) is 12.8. The molecule has 1 aromatic carbocycles. The number of hydrogen-bond donors (Lipinski definition) is 1. The molecule has 0 spiro atoms. The number of nitrogens with one attached hydrogen (secondary N) is 1. The Kier molecular flexibility index (Phi) is 4.99. The van der Waals surface area contributed by atoms with Gasteiger partial charge in [-0.05, 0) is 12.1 Å². The first kappa shape index (κ1) is 16.8. The summed E-state index contributed by atoms with van der Waals surface area (Å²) in [6.45, 7) is 5.17. The van der Waals surface area contributed by atoms with Gasteiger partial charge in [-0.15, -0.1) is 0 Å². The van der Waals surface area contributed by atoms with E-state index in [-0.39, 0.29) is 0 Å². The lowest BCUT2D eigenvalue weighted by Gasteiger charge is -2.26. The van der Waals surface area contributed by atoms with E-state index in [2.05, 4.69) is 32.3 Å². The van der Waals surface area contributed by atoms with Crippen molar-refractivity contribution in [1.29, 1.82) is 0 Å². The third kappa shape index (κ3) is 3.49. The van der Waals surface area contributed by atoms with Crippen LogP contribution >= 0.6 is 0 Å². The predicted molar refractivity (Wildman–Crippen MR) is 101 cm³/mol. The standard InChI is InChI=1S/C19H23N5O2/c1-20-18-19-22-14-17(24(19)6-5-21-18)15-3-2-4-16(13-15)26-12-9-23-7-10-25-11-8-23/h2-6,13-14H,7-12H2,1H3,(H,20,21). The van der Waals surface area contributed by atoms with Crippen LogP contribution in [0.3, 0.4) is 0 Å². The van der Waals surface area contributed by atoms with Crippen LogP contribution in [0, 0.1) is 0 Å². The first-order valence-electron chi connectivity index (χ1n) is 8.88. The average molecular weight is 353 g/mol. The largest absolute Gasteiger partial charge is 0.492 e. The highest BCUT2D eigenvalue weighted by Gasteiger charge is 2.11. The third-order valence-electron chi connectivity index (χ3n) is 4.57. The maximum atomic E-state index is 5.97. The Labute approximate surface area is 152 Å². The van der Waals surface area contributed by atoms with Crippen molar-refractivity contribution in [3.63, 3.8) is 0 Å². The highest BCUT2D eigenvalue weighted by molar-refractivity contribution is 5.71. The molecule has 1 N–H and O–H groups in total. The summed E-state index contributed by atoms with van der Waals surface area (Å²) in [6.07, 6.45) is 5.56. The first-order valence-corrected chi connectivity index (χ1v) is 8.88. The molecule has 0 unspecified atom stereocenters. The van der Waals surface area contributed by atoms with Gasteiger partial charge in [-0.2, -0.15) is 0 Å². The Balaban J connectivity index is 1.49. The smallest absolute Gasteiger partial charge is 0.180 e. The number of morpholine rings is 1. The summed E-state index contributed by atoms with van der Waals surface area (Å²) in [7, 11) is 1.85. The predicted octanol–water partition coefficient (Wildman–Crippen LogP) is 2.15. The zero-order chi connectivity index (χ0) is 17.8. The average Bonchev–Trinajstić information content (AvgIpc) is 3.13. The minimum atomic E-state index is 0.671. The maximum absolute atomic E-state index is 5.97. The van der Waals surface area contributed by atoms with Gasteiger partial charge in [0.25, 0.3) is 0 Å². The summed E-state index contributed by atoms with van der Waals surface area (Å²) in [4.78, 5) is 11.2. The molecule has 4 rings (SSSR count). The molecule has 26 heavy (non-hydrogen) atoms. The van der Waals surface area contributed by atoms with Crippen molar-refractivity contribution in [1.82, 2.24) is 19.3 Å². The van der Waals surface area contributed by atoms with Crippen LogP contribution < -0.4 is 10.1 Å². The molecule has 3 heterocycles. The second-order valence-electron chi connectivity index (χ2n) is 6.19. The number of fused-ring (bicyclic) bond motifs is 1. The topological polar surface area (TPSA) is 63.9 Å². The number of nitrogens with zero attached hydrogens (tertiary/aromatic N) is 4. The molecule has 0 aliphatic carbocycles. The Hall–Kier alpha value is -2.64. The Morgan fingerprint density at radius 2 is 2.12 bits per heavy atom. The minimum Gasteiger partial charge on any atom is -0.492 e. The van der Waals surface area contributed by atoms with E-state index in [1.54, 1.807) is 6.20 Å². The molecule has 136 valence electrons. The summed E-state index contributed by atoms with van der Waals surface area (Å²) >= 11 is 0. The molecule has 0 amide bonds. The molecule has 1 fully saturated rings. The number of rotatable bonds is 6. The van der Waals surface area contributed by atoms with E-state index in [4.69, 9.17) is 9.47 Å². The number of aromatic nitrogens is 3. The molecule has 0 saturated carbocycles. The van der Waals surface area contributed by atoms with Gasteiger partial charge in [0.15, 0.2) is 11.5 Å². The Morgan fingerprint density at radius 3 is 2.96 bits per heavy atom. The van der Waals surface area contributed by atoms with Crippen LogP contribution in [0.5, 0.6) is 5.75 Å². The normalized spacial score (nSPS) is 15.3. The van der Waals surface area contributed by atoms with Crippen LogP contribution in [0.4, 0.5) is 5.82 Å². The van der Waals surface area contributed by atoms with E-state index in [0.717, 1.165) is 61.3 Å². The van der Waals surface area contributed by atoms with E-state index < -0.39 is 0 Å². The van der Waals surface area contributed by atoms with Gasteiger partial charge in [0.05, 0.1) is 25.1 Å². The summed E-state index contributed by atoms with van der Waals surface area (Å²) in [5.74, 6) is 1.63. The lowest BCUT2D eigenvalue weighted by Crippen LogP contribution is -2.38. The van der Waals surface area contributed by atoms with Gasteiger partial charge < -0.3 is 14.8 Å². The summed E-state index contributed by atoms with van der Waals surface area (Å²) in [6, 6.07) is 8.13. The monoisotopic (exact) mass is 353 g/mol. The Bertz CT molecular complexity index is 873. The minimum absolute atomic E-state index is 0.671. The van der Waals surface area contributed by atoms with Crippen LogP contribution in [-0.4, -0.2) is 65.8 Å². The maximum Gasteiger partial charge on any atom is 0.180 e. The number of imidazole rings is 1. The molecule has 0 atom stereocenters. The van der Waals surface area contributed by atoms with Crippen molar-refractivity contribution in [2.24, 2.45) is 0 Å². The van der Waals surface area contributed by atoms with Crippen LogP contribution in [-0.2, 0) is 4.74 Å². The summed E-state index contributed by atoms with van der Waals surface area (Å²) < 4.78 is 13.4. The molecule has 0 radical (unpaired) electrons. The fraction of sp³-hybridized carbons (Fsp3) is 0.368. The number of hydrogen-bond acceptors (Lipinski definition) is 6. The van der Waals surface area contributed by atoms with Crippen molar-refractivity contribution in [2.45, 2.75) is 0 Å². The molecule has 3 aromatic rings. The van der Waals surface area contributed by atoms with E-state index in [1.807, 2.05) is 36.0 Å². The Morgan fingerprint density at radius 1 is 1.23 bits per heavy atom. The van der Waals surface area contributed by atoms with Gasteiger partial charge in [0, 0.05) is 44.6 Å². The molecule has 1 saturated heterocycles. The van der Waals surface area contributed by atoms with Crippen molar-refractivity contribution in [2.75, 3.05) is 51.8 Å². The summed E-state index contributed by atoms with van der Waals surface area (Å²) in [5, 5.41) is 3.07. The van der Waals surface area contributed by atoms with Crippen LogP contribution in [0.1, 0.15) is 0 Å². The van der Waals surface area contributed by atoms with Crippen molar-refractivity contribution in [3.05, 3.63) is 42.9 Å². The van der Waals surface area contributed by atoms with Crippen molar-refractivity contribution >= 4 is 11.5 Å². The van der Waals surface area contributed by atoms with Gasteiger partial charge in [-0.3, -0.25) is 9.30 Å². The zero-order valence-corrected chi connectivity index (χ0v) is 14.9. The molecule has 2 aromatic heterocycles. The quantitative estimate of drug-likeness (QED) is 0.733. The van der Waals surface area contributed by atoms with Crippen molar-refractivity contribution in [3.8, 4) is 17.0 Å². The van der Waals surface area contributed by atoms with Gasteiger partial charge in [0.2, 0.25) is 0 Å². The fourth-order valence-electron chi connectivity index (χ4n) is 3.17. The van der Waals surface area contributed by atoms with Crippen LogP contribution in [0.25, 0.3) is 16.9 Å². The van der Waals surface area contributed by atoms with Gasteiger partial charge in [0.1, 0.15) is 12.4 Å². The highest BCUT2D eigenvalue weighted by atomic mass is 16.5. The van der Waals surface area contributed by atoms with Gasteiger partial charge >= 0.3 is 0 Å². The molecular formula is C19H23N5O2. The molecule has 0 bridgehead atoms. The second kappa shape index (κ2) is 7.72. The molecular weight excluding hydrogens is 330 g/mol. The fourth-order valence-corrected chi connectivity index (χ4v) is 3.17. The van der Waals surface area contributed by atoms with Gasteiger partial charge in [-0.1, -0.05) is 12.1 Å². The van der Waals surface area contributed by atoms with Crippen LogP contribution in [0.2, 0.25) is 0 Å². The number of anilines is 1. The van der Waals surface area contributed by atoms with E-state index in [9.17, 15) is 0 Å². The zero-order valence-electron chi connectivity index (χ0n) is 14.9. The molecule has 1 aliphatic heterocycles. The van der Waals surface area contributed by atoms with E-state index >= 15 is 0 Å². The lowest BCUT2D eigenvalue weighted by molar-refractivity contribution is 0.0322. The van der Waals surface area contributed by atoms with Crippen LogP contribution in [0.15, 0.2) is 42.9 Å². The van der Waals surface area contributed by atoms with Crippen molar-refractivity contribution < 1.29 is 9.47 Å².